The van der Waals surface area contributed by atoms with Crippen LogP contribution in [0.4, 0.5) is 13.2 Å². The molecule has 0 saturated heterocycles. The van der Waals surface area contributed by atoms with Crippen molar-refractivity contribution in [1.82, 2.24) is 15.1 Å². The molecule has 1 aliphatic carbocycles. The van der Waals surface area contributed by atoms with Crippen LogP contribution in [0.5, 0.6) is 0 Å². The van der Waals surface area contributed by atoms with Crippen molar-refractivity contribution in [2.24, 2.45) is 0 Å². The lowest BCUT2D eigenvalue weighted by molar-refractivity contribution is -0.139. The van der Waals surface area contributed by atoms with Gasteiger partial charge in [0.1, 0.15) is 12.1 Å². The molecule has 5 nitrogen and oxygen atoms in total. The second-order valence-electron chi connectivity index (χ2n) is 5.07. The number of halogens is 3. The first kappa shape index (κ1) is 15.5. The molecule has 1 heterocycles. The van der Waals surface area contributed by atoms with Crippen molar-refractivity contribution in [2.75, 3.05) is 6.54 Å². The Morgan fingerprint density at radius 2 is 2.14 bits per heavy atom. The van der Waals surface area contributed by atoms with Crippen LogP contribution in [-0.4, -0.2) is 22.2 Å². The topological polar surface area (TPSA) is 64.0 Å². The third-order valence-electron chi connectivity index (χ3n) is 3.16. The Morgan fingerprint density at radius 3 is 2.67 bits per heavy atom. The molecule has 0 bridgehead atoms. The van der Waals surface area contributed by atoms with E-state index >= 15 is 0 Å². The minimum atomic E-state index is -4.74. The molecule has 0 spiro atoms. The van der Waals surface area contributed by atoms with Crippen LogP contribution in [0.25, 0.3) is 0 Å². The van der Waals surface area contributed by atoms with E-state index in [0.29, 0.717) is 17.6 Å². The Bertz CT molecular complexity index is 591. The lowest BCUT2D eigenvalue weighted by atomic mass is 10.2. The molecule has 0 atom stereocenters. The summed E-state index contributed by atoms with van der Waals surface area (Å²) in [5.41, 5.74) is -2.31. The van der Waals surface area contributed by atoms with Gasteiger partial charge in [-0.25, -0.2) is 4.68 Å². The third kappa shape index (κ3) is 3.83. The van der Waals surface area contributed by atoms with Gasteiger partial charge < -0.3 is 5.32 Å². The molecule has 8 heteroatoms. The summed E-state index contributed by atoms with van der Waals surface area (Å²) < 4.78 is 39.3. The molecule has 1 aliphatic rings. The zero-order valence-electron chi connectivity index (χ0n) is 11.5. The van der Waals surface area contributed by atoms with E-state index in [-0.39, 0.29) is 11.6 Å². The van der Waals surface area contributed by atoms with Gasteiger partial charge in [-0.1, -0.05) is 6.92 Å². The van der Waals surface area contributed by atoms with Crippen molar-refractivity contribution in [3.63, 3.8) is 0 Å². The number of carbonyl (C=O) groups is 1. The summed E-state index contributed by atoms with van der Waals surface area (Å²) in [5, 5.41) is 6.41. The lowest BCUT2D eigenvalue weighted by Crippen LogP contribution is -2.37. The summed E-state index contributed by atoms with van der Waals surface area (Å²) in [6.45, 7) is 1.75. The molecule has 2 rings (SSSR count). The lowest BCUT2D eigenvalue weighted by Gasteiger charge is -2.12. The van der Waals surface area contributed by atoms with E-state index in [2.05, 4.69) is 10.4 Å². The van der Waals surface area contributed by atoms with Gasteiger partial charge in [-0.2, -0.15) is 18.3 Å². The van der Waals surface area contributed by atoms with Crippen LogP contribution < -0.4 is 10.9 Å². The number of carbonyl (C=O) groups excluding carboxylic acids is 1. The molecule has 21 heavy (non-hydrogen) atoms. The molecule has 1 fully saturated rings. The fraction of sp³-hybridized carbons (Fsp3) is 0.615. The zero-order chi connectivity index (χ0) is 15.6. The van der Waals surface area contributed by atoms with Crippen molar-refractivity contribution in [3.8, 4) is 0 Å². The number of alkyl halides is 3. The second kappa shape index (κ2) is 5.87. The Labute approximate surface area is 119 Å². The Morgan fingerprint density at radius 1 is 1.48 bits per heavy atom. The summed E-state index contributed by atoms with van der Waals surface area (Å²) >= 11 is 0. The number of hydrogen-bond acceptors (Lipinski definition) is 3. The summed E-state index contributed by atoms with van der Waals surface area (Å²) in [4.78, 5) is 23.4. The Balaban J connectivity index is 2.33. The molecule has 1 amide bonds. The highest BCUT2D eigenvalue weighted by Crippen LogP contribution is 2.40. The van der Waals surface area contributed by atoms with Crippen LogP contribution in [0.15, 0.2) is 10.9 Å². The van der Waals surface area contributed by atoms with Gasteiger partial charge in [-0.3, -0.25) is 9.59 Å². The highest BCUT2D eigenvalue weighted by Gasteiger charge is 2.37. The van der Waals surface area contributed by atoms with Crippen LogP contribution in [0.3, 0.4) is 0 Å². The monoisotopic (exact) mass is 303 g/mol. The largest absolute Gasteiger partial charge is 0.421 e. The van der Waals surface area contributed by atoms with Crippen molar-refractivity contribution in [1.29, 1.82) is 0 Å². The maximum absolute atomic E-state index is 12.9. The molecular formula is C13H16F3N3O2. The molecule has 0 aliphatic heterocycles. The summed E-state index contributed by atoms with van der Waals surface area (Å²) in [6.07, 6.45) is -2.54. The maximum Gasteiger partial charge on any atom is 0.421 e. The standard InChI is InChI=1S/C13H16F3N3O2/c1-2-5-17-11(20)7-19-12(21)9(13(14,15)16)6-10(18-19)8-3-4-8/h6,8H,2-5,7H2,1H3,(H,17,20). The SMILES string of the molecule is CCCNC(=O)Cn1nc(C2CC2)cc(C(F)(F)F)c1=O. The molecule has 1 aromatic heterocycles. The van der Waals surface area contributed by atoms with E-state index in [4.69, 9.17) is 0 Å². The molecule has 0 radical (unpaired) electrons. The van der Waals surface area contributed by atoms with E-state index < -0.39 is 29.8 Å². The first-order chi connectivity index (χ1) is 9.82. The van der Waals surface area contributed by atoms with Crippen molar-refractivity contribution in [2.45, 2.75) is 44.8 Å². The molecule has 0 aromatic carbocycles. The predicted molar refractivity (Wildman–Crippen MR) is 68.8 cm³/mol. The second-order valence-corrected chi connectivity index (χ2v) is 5.07. The average Bonchev–Trinajstić information content (AvgIpc) is 3.21. The highest BCUT2D eigenvalue weighted by atomic mass is 19.4. The Kier molecular flexibility index (Phi) is 4.34. The van der Waals surface area contributed by atoms with E-state index in [1.165, 1.54) is 0 Å². The van der Waals surface area contributed by atoms with Gasteiger partial charge in [0.2, 0.25) is 5.91 Å². The van der Waals surface area contributed by atoms with Gasteiger partial charge in [0.15, 0.2) is 0 Å². The van der Waals surface area contributed by atoms with E-state index in [9.17, 15) is 22.8 Å². The predicted octanol–water partition coefficient (Wildman–Crippen LogP) is 1.67. The van der Waals surface area contributed by atoms with Crippen LogP contribution >= 0.6 is 0 Å². The number of hydrogen-bond donors (Lipinski definition) is 1. The fourth-order valence-electron chi connectivity index (χ4n) is 1.91. The smallest absolute Gasteiger partial charge is 0.355 e. The molecule has 116 valence electrons. The normalized spacial score (nSPS) is 15.0. The van der Waals surface area contributed by atoms with Crippen molar-refractivity contribution < 1.29 is 18.0 Å². The molecule has 0 unspecified atom stereocenters. The highest BCUT2D eigenvalue weighted by molar-refractivity contribution is 5.75. The third-order valence-corrected chi connectivity index (χ3v) is 3.16. The van der Waals surface area contributed by atoms with Gasteiger partial charge in [-0.15, -0.1) is 0 Å². The number of rotatable bonds is 5. The van der Waals surface area contributed by atoms with Crippen molar-refractivity contribution >= 4 is 5.91 Å². The van der Waals surface area contributed by atoms with Crippen LogP contribution in [-0.2, 0) is 17.5 Å². The minimum absolute atomic E-state index is 0.0448. The molecule has 1 N–H and O–H groups in total. The molecule has 1 aromatic rings. The van der Waals surface area contributed by atoms with Gasteiger partial charge >= 0.3 is 6.18 Å². The fourth-order valence-corrected chi connectivity index (χ4v) is 1.91. The quantitative estimate of drug-likeness (QED) is 0.900. The minimum Gasteiger partial charge on any atom is -0.355 e. The van der Waals surface area contributed by atoms with Crippen molar-refractivity contribution in [3.05, 3.63) is 27.7 Å². The summed E-state index contributed by atoms with van der Waals surface area (Å²) in [6, 6.07) is 0.806. The zero-order valence-corrected chi connectivity index (χ0v) is 11.5. The van der Waals surface area contributed by atoms with Crippen LogP contribution in [0.2, 0.25) is 0 Å². The maximum atomic E-state index is 12.9. The van der Waals surface area contributed by atoms with E-state index in [0.717, 1.165) is 18.9 Å². The average molecular weight is 303 g/mol. The Hall–Kier alpha value is -1.86. The van der Waals surface area contributed by atoms with Gasteiger partial charge in [-0.05, 0) is 25.3 Å². The van der Waals surface area contributed by atoms with E-state index in [1.54, 1.807) is 0 Å². The first-order valence-corrected chi connectivity index (χ1v) is 6.79. The van der Waals surface area contributed by atoms with Crippen LogP contribution in [0, 0.1) is 0 Å². The number of nitrogens with zero attached hydrogens (tertiary/aromatic N) is 2. The van der Waals surface area contributed by atoms with E-state index in [1.807, 2.05) is 6.92 Å². The number of amides is 1. The molecule has 1 saturated carbocycles. The first-order valence-electron chi connectivity index (χ1n) is 6.79. The number of aromatic nitrogens is 2. The summed E-state index contributed by atoms with van der Waals surface area (Å²) in [5.74, 6) is -0.566. The molecular weight excluding hydrogens is 287 g/mol. The van der Waals surface area contributed by atoms with Gasteiger partial charge in [0.05, 0.1) is 5.69 Å². The number of nitrogens with one attached hydrogen (secondary N) is 1. The van der Waals surface area contributed by atoms with Gasteiger partial charge in [0.25, 0.3) is 5.56 Å². The van der Waals surface area contributed by atoms with Gasteiger partial charge in [0, 0.05) is 12.5 Å². The summed E-state index contributed by atoms with van der Waals surface area (Å²) in [7, 11) is 0. The van der Waals surface area contributed by atoms with Crippen LogP contribution in [0.1, 0.15) is 43.4 Å².